The molecule has 0 aromatic carbocycles. The number of rotatable bonds is 6. The number of pyridine rings is 2. The fraction of sp³-hybridized carbons (Fsp3) is 0.500. The number of aromatic nitrogens is 2. The number of nitriles is 3. The zero-order chi connectivity index (χ0) is 22.3. The van der Waals surface area contributed by atoms with E-state index < -0.39 is 0 Å². The fourth-order valence-electron chi connectivity index (χ4n) is 2.27. The Morgan fingerprint density at radius 2 is 1.00 bits per heavy atom. The number of halogens is 2. The average molecular weight is 605 g/mol. The third-order valence-electron chi connectivity index (χ3n) is 3.60. The summed E-state index contributed by atoms with van der Waals surface area (Å²) in [4.78, 5) is 0. The van der Waals surface area contributed by atoms with Crippen LogP contribution in [-0.2, 0) is 13.1 Å². The Morgan fingerprint density at radius 3 is 1.19 bits per heavy atom. The van der Waals surface area contributed by atoms with Gasteiger partial charge in [0.25, 0.3) is 0 Å². The van der Waals surface area contributed by atoms with Crippen LogP contribution in [0.3, 0.4) is 0 Å². The van der Waals surface area contributed by atoms with Crippen molar-refractivity contribution in [3.05, 3.63) is 60.2 Å². The van der Waals surface area contributed by atoms with E-state index >= 15 is 0 Å². The molecule has 37 heavy (non-hydrogen) atoms. The predicted octanol–water partition coefficient (Wildman–Crippen LogP) is -7.07. The first-order chi connectivity index (χ1) is 14.0. The number of nitrogens with zero attached hydrogens (tertiary/aromatic N) is 5. The SMILES string of the molecule is C.C.C.CCCC[n+]1cccc(C)c1.CCCC[n+]1cccc(C)c1.N#CC#N.O.[B-]C#N.[Cl-].[Cl-].[K+].[K+]. The molecule has 0 atom stereocenters. The molecule has 0 aliphatic rings. The number of unbranched alkanes of at least 4 members (excludes halogenated alkanes) is 2. The van der Waals surface area contributed by atoms with Crippen LogP contribution in [0.25, 0.3) is 0 Å². The van der Waals surface area contributed by atoms with Crippen LogP contribution in [0.1, 0.15) is 72.9 Å². The van der Waals surface area contributed by atoms with Crippen molar-refractivity contribution >= 4 is 7.85 Å². The molecule has 0 saturated carbocycles. The van der Waals surface area contributed by atoms with Gasteiger partial charge in [-0.15, -0.1) is 0 Å². The second-order valence-electron chi connectivity index (χ2n) is 6.30. The van der Waals surface area contributed by atoms with Gasteiger partial charge >= 0.3 is 103 Å². The molecule has 0 unspecified atom stereocenters. The van der Waals surface area contributed by atoms with Gasteiger partial charge in [0.15, 0.2) is 36.9 Å². The Hall–Kier alpha value is 0.648. The molecule has 199 valence electrons. The summed E-state index contributed by atoms with van der Waals surface area (Å²) in [6.45, 7) is 11.0. The first kappa shape index (κ1) is 66.1. The molecule has 0 fully saturated rings. The van der Waals surface area contributed by atoms with E-state index in [0.29, 0.717) is 0 Å². The van der Waals surface area contributed by atoms with Gasteiger partial charge in [-0.3, -0.25) is 11.2 Å². The van der Waals surface area contributed by atoms with E-state index in [1.165, 1.54) is 54.9 Å². The summed E-state index contributed by atoms with van der Waals surface area (Å²) in [6, 6.07) is 10.9. The summed E-state index contributed by atoms with van der Waals surface area (Å²) in [5, 5.41) is 21.6. The van der Waals surface area contributed by atoms with Crippen molar-refractivity contribution in [2.45, 2.75) is 88.7 Å². The van der Waals surface area contributed by atoms with Crippen LogP contribution in [0, 0.1) is 47.7 Å². The van der Waals surface area contributed by atoms with Crippen molar-refractivity contribution in [1.82, 2.24) is 0 Å². The van der Waals surface area contributed by atoms with Crippen LogP contribution in [0.5, 0.6) is 0 Å². The van der Waals surface area contributed by atoms with Crippen molar-refractivity contribution in [1.29, 1.82) is 15.8 Å². The average Bonchev–Trinajstić information content (AvgIpc) is 2.72. The topological polar surface area (TPSA) is 111 Å². The molecule has 0 aliphatic carbocycles. The van der Waals surface area contributed by atoms with Gasteiger partial charge in [0.05, 0.1) is 0 Å². The van der Waals surface area contributed by atoms with E-state index in [9.17, 15) is 0 Å². The quantitative estimate of drug-likeness (QED) is 0.242. The van der Waals surface area contributed by atoms with Crippen molar-refractivity contribution < 1.29 is 142 Å². The minimum absolute atomic E-state index is 0. The van der Waals surface area contributed by atoms with Crippen LogP contribution < -0.4 is 137 Å². The van der Waals surface area contributed by atoms with Crippen molar-refractivity contribution in [2.75, 3.05) is 0 Å². The fourth-order valence-corrected chi connectivity index (χ4v) is 2.27. The smallest absolute Gasteiger partial charge is 1.00 e. The molecule has 2 aromatic rings. The Bertz CT molecular complexity index is 753. The van der Waals surface area contributed by atoms with E-state index in [4.69, 9.17) is 15.8 Å². The Balaban J connectivity index is -0.0000000336. The van der Waals surface area contributed by atoms with Gasteiger partial charge in [-0.25, -0.2) is 9.13 Å². The summed E-state index contributed by atoms with van der Waals surface area (Å²) >= 11 is 0. The van der Waals surface area contributed by atoms with Crippen molar-refractivity contribution in [3.63, 3.8) is 0 Å². The molecular formula is C26H46BCl2K2N5O+. The van der Waals surface area contributed by atoms with Gasteiger partial charge in [0.2, 0.25) is 0 Å². The number of hydrogen-bond acceptors (Lipinski definition) is 3. The molecule has 2 aromatic heterocycles. The normalized spacial score (nSPS) is 6.43. The van der Waals surface area contributed by atoms with Gasteiger partial charge in [-0.2, -0.15) is 10.5 Å². The van der Waals surface area contributed by atoms with E-state index in [1.54, 1.807) is 0 Å². The van der Waals surface area contributed by atoms with Crippen molar-refractivity contribution in [3.8, 4) is 18.1 Å². The summed E-state index contributed by atoms with van der Waals surface area (Å²) in [5.74, 6) is 1.25. The van der Waals surface area contributed by atoms with Crippen LogP contribution >= 0.6 is 0 Å². The van der Waals surface area contributed by atoms with E-state index in [1.807, 2.05) is 0 Å². The zero-order valence-electron chi connectivity index (χ0n) is 21.4. The van der Waals surface area contributed by atoms with Crippen molar-refractivity contribution in [2.24, 2.45) is 0 Å². The minimum Gasteiger partial charge on any atom is -1.00 e. The molecule has 6 nitrogen and oxygen atoms in total. The third kappa shape index (κ3) is 50.1. The van der Waals surface area contributed by atoms with Gasteiger partial charge in [0.1, 0.15) is 13.1 Å². The maximum absolute atomic E-state index is 7.26. The predicted molar refractivity (Wildman–Crippen MR) is 139 cm³/mol. The van der Waals surface area contributed by atoms with E-state index in [2.05, 4.69) is 93.7 Å². The monoisotopic (exact) mass is 603 g/mol. The van der Waals surface area contributed by atoms with Gasteiger partial charge in [-0.05, 0) is 26.0 Å². The molecule has 0 bridgehead atoms. The first-order valence-corrected chi connectivity index (χ1v) is 9.78. The summed E-state index contributed by atoms with van der Waals surface area (Å²) in [5.41, 5.74) is 2.67. The maximum Gasteiger partial charge on any atom is 1.00 e. The van der Waals surface area contributed by atoms with Gasteiger partial charge in [-0.1, -0.05) is 49.0 Å². The van der Waals surface area contributed by atoms with E-state index in [0.717, 1.165) is 13.1 Å². The maximum atomic E-state index is 7.26. The first-order valence-electron chi connectivity index (χ1n) is 9.78. The summed E-state index contributed by atoms with van der Waals surface area (Å²) < 4.78 is 4.50. The number of hydrogen-bond donors (Lipinski definition) is 0. The molecule has 2 N–H and O–H groups in total. The summed E-state index contributed by atoms with van der Waals surface area (Å²) in [7, 11) is 4.15. The molecule has 2 rings (SSSR count). The van der Waals surface area contributed by atoms with E-state index in [-0.39, 0.29) is 155 Å². The second kappa shape index (κ2) is 53.0. The molecule has 0 spiro atoms. The number of aryl methyl sites for hydroxylation is 4. The Morgan fingerprint density at radius 1 is 0.730 bits per heavy atom. The molecule has 11 heteroatoms. The zero-order valence-corrected chi connectivity index (χ0v) is 29.2. The van der Waals surface area contributed by atoms with Crippen LogP contribution in [0.2, 0.25) is 0 Å². The van der Waals surface area contributed by atoms with Crippen LogP contribution in [-0.4, -0.2) is 13.3 Å². The van der Waals surface area contributed by atoms with Gasteiger partial charge < -0.3 is 38.1 Å². The third-order valence-corrected chi connectivity index (χ3v) is 3.60. The van der Waals surface area contributed by atoms with Crippen LogP contribution in [0.15, 0.2) is 49.1 Å². The Labute approximate surface area is 327 Å². The molecule has 0 amide bonds. The molecule has 3 radical (unpaired) electrons. The van der Waals surface area contributed by atoms with Gasteiger partial charge in [0, 0.05) is 36.1 Å². The standard InChI is InChI=1S/2C10H16N.C2N2.CBN.3CH4.2ClH.2K.H2O/c2*1-3-4-7-11-8-5-6-10(2)9-11;3-1-2-4;2-1-3;;;;;;;;/h2*5-6,8-9H,3-4,7H2,1-2H3;;;3*1H4;2*1H;;;1H2/q2*+1;;-1;;;;;;2*+1;/p-2. The summed E-state index contributed by atoms with van der Waals surface area (Å²) in [6.07, 6.45) is 13.7. The van der Waals surface area contributed by atoms with Crippen LogP contribution in [0.4, 0.5) is 0 Å². The molecule has 2 heterocycles. The molecule has 0 saturated heterocycles. The molecule has 0 aliphatic heterocycles. The Kier molecular flexibility index (Phi) is 94.7. The minimum atomic E-state index is 0. The largest absolute Gasteiger partial charge is 1.00 e. The molecular weight excluding hydrogens is 558 g/mol. The second-order valence-corrected chi connectivity index (χ2v) is 6.30.